The second kappa shape index (κ2) is 10.7. The van der Waals surface area contributed by atoms with E-state index in [0.29, 0.717) is 21.7 Å². The van der Waals surface area contributed by atoms with Gasteiger partial charge in [-0.25, -0.2) is 26.4 Å². The van der Waals surface area contributed by atoms with E-state index in [-0.39, 0.29) is 28.9 Å². The van der Waals surface area contributed by atoms with Gasteiger partial charge in [-0.15, -0.1) is 11.8 Å². The molecular formula is C29H35F3N2O5S2. The molecular weight excluding hydrogens is 577 g/mol. The van der Waals surface area contributed by atoms with Crippen LogP contribution in [0.4, 0.5) is 24.5 Å². The van der Waals surface area contributed by atoms with Crippen LogP contribution in [-0.2, 0) is 14.8 Å². The maximum Gasteiger partial charge on any atom is 0.344 e. The van der Waals surface area contributed by atoms with Crippen LogP contribution < -0.4 is 9.64 Å². The largest absolute Gasteiger partial charge is 0.488 e. The number of hydrogen-bond acceptors (Lipinski definition) is 6. The summed E-state index contributed by atoms with van der Waals surface area (Å²) in [5.41, 5.74) is -1.22. The maximum atomic E-state index is 14.7. The van der Waals surface area contributed by atoms with Gasteiger partial charge in [0, 0.05) is 43.1 Å². The second-order valence-corrected chi connectivity index (χ2v) is 15.2. The van der Waals surface area contributed by atoms with Gasteiger partial charge in [0.05, 0.1) is 10.6 Å². The Labute approximate surface area is 243 Å². The Hall–Kier alpha value is -2.44. The SMILES string of the molecule is CN1[C@H](CCC(C)(F)F)CN(c2ccccc2)c2cc(SC3CC4(CC4)C3)c(OC[C@](C)(F)C(=O)O)cc2S1(=O)=O. The van der Waals surface area contributed by atoms with Crippen molar-refractivity contribution in [3.63, 3.8) is 0 Å². The first-order valence-corrected chi connectivity index (χ1v) is 16.0. The van der Waals surface area contributed by atoms with Gasteiger partial charge in [-0.2, -0.15) is 4.31 Å². The summed E-state index contributed by atoms with van der Waals surface area (Å²) in [4.78, 5) is 13.7. The molecule has 2 aromatic rings. The average Bonchev–Trinajstić information content (AvgIpc) is 3.68. The molecule has 5 rings (SSSR count). The van der Waals surface area contributed by atoms with E-state index in [2.05, 4.69) is 0 Å². The smallest absolute Gasteiger partial charge is 0.344 e. The number of hydrogen-bond donors (Lipinski definition) is 1. The highest BCUT2D eigenvalue weighted by molar-refractivity contribution is 8.00. The van der Waals surface area contributed by atoms with E-state index >= 15 is 0 Å². The van der Waals surface area contributed by atoms with Crippen LogP contribution in [0, 0.1) is 5.41 Å². The number of rotatable bonds is 10. The zero-order valence-electron chi connectivity index (χ0n) is 23.3. The number of alkyl halides is 3. The molecule has 0 radical (unpaired) electrons. The molecule has 2 atom stereocenters. The summed E-state index contributed by atoms with van der Waals surface area (Å²) in [6.45, 7) is 1.04. The number of benzene rings is 2. The summed E-state index contributed by atoms with van der Waals surface area (Å²) in [7, 11) is -2.83. The number of fused-ring (bicyclic) bond motifs is 1. The third-order valence-corrected chi connectivity index (χ3v) is 11.6. The fourth-order valence-corrected chi connectivity index (χ4v) is 8.71. The highest BCUT2D eigenvalue weighted by Crippen LogP contribution is 2.64. The Morgan fingerprint density at radius 3 is 2.39 bits per heavy atom. The van der Waals surface area contributed by atoms with Gasteiger partial charge in [-0.05, 0) is 69.6 Å². The predicted molar refractivity (Wildman–Crippen MR) is 152 cm³/mol. The fourth-order valence-electron chi connectivity index (χ4n) is 5.50. The van der Waals surface area contributed by atoms with Gasteiger partial charge in [-0.3, -0.25) is 0 Å². The number of aliphatic carboxylic acids is 1. The van der Waals surface area contributed by atoms with Gasteiger partial charge in [-0.1, -0.05) is 18.2 Å². The van der Waals surface area contributed by atoms with Crippen molar-refractivity contribution in [1.82, 2.24) is 4.31 Å². The Kier molecular flexibility index (Phi) is 7.82. The van der Waals surface area contributed by atoms with Crippen LogP contribution in [0.5, 0.6) is 5.75 Å². The van der Waals surface area contributed by atoms with Gasteiger partial charge < -0.3 is 14.7 Å². The molecule has 1 heterocycles. The van der Waals surface area contributed by atoms with E-state index in [4.69, 9.17) is 4.74 Å². The third kappa shape index (κ3) is 6.34. The van der Waals surface area contributed by atoms with Gasteiger partial charge in [0.25, 0.3) is 0 Å². The van der Waals surface area contributed by atoms with E-state index in [9.17, 15) is 31.5 Å². The quantitative estimate of drug-likeness (QED) is 0.328. The van der Waals surface area contributed by atoms with Crippen molar-refractivity contribution < 1.29 is 36.2 Å². The lowest BCUT2D eigenvalue weighted by atomic mass is 9.81. The summed E-state index contributed by atoms with van der Waals surface area (Å²) >= 11 is 1.52. The number of sulfonamides is 1. The number of carboxylic acids is 1. The molecule has 0 aromatic heterocycles. The molecule has 0 saturated heterocycles. The van der Waals surface area contributed by atoms with Crippen molar-refractivity contribution in [3.05, 3.63) is 42.5 Å². The molecule has 2 aromatic carbocycles. The van der Waals surface area contributed by atoms with Gasteiger partial charge in [0.2, 0.25) is 21.6 Å². The van der Waals surface area contributed by atoms with Crippen LogP contribution in [0.15, 0.2) is 52.3 Å². The molecule has 0 bridgehead atoms. The molecule has 2 saturated carbocycles. The standard InChI is InChI=1S/C29H35F3N2O5S2/c1-27(30,26(35)36)18-39-23-14-25-22(13-24(23)40-21-15-29(16-21)11-12-29)34(19-7-5-4-6-8-19)17-20(9-10-28(2,31)32)33(3)41(25,37)38/h4-8,13-14,20-21H,9-12,15-18H2,1-3H3,(H,35,36)/t20-,27+/m1/s1. The summed E-state index contributed by atoms with van der Waals surface area (Å²) < 4.78 is 77.2. The summed E-state index contributed by atoms with van der Waals surface area (Å²) in [5, 5.41) is 9.54. The lowest BCUT2D eigenvalue weighted by Gasteiger charge is -2.36. The third-order valence-electron chi connectivity index (χ3n) is 8.38. The van der Waals surface area contributed by atoms with Crippen LogP contribution in [0.2, 0.25) is 0 Å². The van der Waals surface area contributed by atoms with Crippen molar-refractivity contribution >= 4 is 39.1 Å². The van der Waals surface area contributed by atoms with E-state index in [1.807, 2.05) is 35.2 Å². The van der Waals surface area contributed by atoms with E-state index in [1.165, 1.54) is 37.7 Å². The lowest BCUT2D eigenvalue weighted by molar-refractivity contribution is -0.151. The Morgan fingerprint density at radius 1 is 1.15 bits per heavy atom. The van der Waals surface area contributed by atoms with Crippen LogP contribution >= 0.6 is 11.8 Å². The second-order valence-electron chi connectivity index (χ2n) is 11.9. The zero-order chi connectivity index (χ0) is 29.8. The average molecular weight is 613 g/mol. The van der Waals surface area contributed by atoms with Crippen molar-refractivity contribution in [3.8, 4) is 5.75 Å². The Bertz CT molecular complexity index is 1400. The van der Waals surface area contributed by atoms with E-state index in [0.717, 1.165) is 31.0 Å². The van der Waals surface area contributed by atoms with Crippen LogP contribution in [0.1, 0.15) is 52.4 Å². The van der Waals surface area contributed by atoms with Gasteiger partial charge in [0.15, 0.2) is 0 Å². The highest BCUT2D eigenvalue weighted by Gasteiger charge is 2.53. The van der Waals surface area contributed by atoms with Crippen LogP contribution in [0.25, 0.3) is 0 Å². The molecule has 224 valence electrons. The molecule has 2 fully saturated rings. The minimum atomic E-state index is -4.21. The maximum absolute atomic E-state index is 14.7. The molecule has 1 aliphatic heterocycles. The zero-order valence-corrected chi connectivity index (χ0v) is 24.9. The summed E-state index contributed by atoms with van der Waals surface area (Å²) in [6.07, 6.45) is 3.87. The highest BCUT2D eigenvalue weighted by atomic mass is 32.2. The van der Waals surface area contributed by atoms with E-state index < -0.39 is 46.7 Å². The number of likely N-dealkylation sites (N-methyl/N-ethyl adjacent to an activating group) is 1. The minimum Gasteiger partial charge on any atom is -0.488 e. The first-order chi connectivity index (χ1) is 19.1. The number of anilines is 2. The normalized spacial score (nSPS) is 23.3. The molecule has 0 unspecified atom stereocenters. The van der Waals surface area contributed by atoms with Gasteiger partial charge in [0.1, 0.15) is 17.3 Å². The molecule has 0 amide bonds. The van der Waals surface area contributed by atoms with Crippen molar-refractivity contribution in [2.24, 2.45) is 5.41 Å². The Morgan fingerprint density at radius 2 is 1.80 bits per heavy atom. The number of carbonyl (C=O) groups is 1. The number of thioether (sulfide) groups is 1. The number of halogens is 3. The topological polar surface area (TPSA) is 87.2 Å². The first-order valence-electron chi connectivity index (χ1n) is 13.7. The minimum absolute atomic E-state index is 0.0650. The monoisotopic (exact) mass is 612 g/mol. The summed E-state index contributed by atoms with van der Waals surface area (Å²) in [5.74, 6) is -4.56. The van der Waals surface area contributed by atoms with Crippen LogP contribution in [0.3, 0.4) is 0 Å². The molecule has 7 nitrogen and oxygen atoms in total. The van der Waals surface area contributed by atoms with Crippen LogP contribution in [-0.4, -0.2) is 66.9 Å². The van der Waals surface area contributed by atoms with Gasteiger partial charge >= 0.3 is 5.97 Å². The number of carboxylic acid groups (broad SMARTS) is 1. The predicted octanol–water partition coefficient (Wildman–Crippen LogP) is 6.49. The number of para-hydroxylation sites is 1. The lowest BCUT2D eigenvalue weighted by Crippen LogP contribution is -2.41. The molecule has 2 aliphatic carbocycles. The molecule has 1 N–H and O–H groups in total. The number of nitrogens with zero attached hydrogens (tertiary/aromatic N) is 2. The van der Waals surface area contributed by atoms with Crippen molar-refractivity contribution in [2.75, 3.05) is 25.1 Å². The molecule has 12 heteroatoms. The fraction of sp³-hybridized carbons (Fsp3) is 0.552. The molecule has 1 spiro atoms. The first kappa shape index (κ1) is 30.0. The molecule has 3 aliphatic rings. The number of ether oxygens (including phenoxy) is 1. The van der Waals surface area contributed by atoms with Crippen molar-refractivity contribution in [1.29, 1.82) is 0 Å². The Balaban J connectivity index is 1.60. The molecule has 41 heavy (non-hydrogen) atoms. The van der Waals surface area contributed by atoms with Crippen molar-refractivity contribution in [2.45, 2.75) is 85.0 Å². The van der Waals surface area contributed by atoms with E-state index in [1.54, 1.807) is 6.07 Å². The summed E-state index contributed by atoms with van der Waals surface area (Å²) in [6, 6.07) is 11.4.